The first-order valence-electron chi connectivity index (χ1n) is 5.07. The Morgan fingerprint density at radius 2 is 2.31 bits per heavy atom. The van der Waals surface area contributed by atoms with Crippen molar-refractivity contribution in [1.82, 2.24) is 5.32 Å². The molecule has 1 aromatic carbocycles. The number of hydrogen-bond acceptors (Lipinski definition) is 3. The number of nitrogens with one attached hydrogen (secondary N) is 1. The Labute approximate surface area is 99.7 Å². The maximum atomic E-state index is 13.6. The maximum absolute atomic E-state index is 13.6. The van der Waals surface area contributed by atoms with Crippen LogP contribution in [0.3, 0.4) is 0 Å². The SMILES string of the molecule is COCCNC(CN)c1c(F)cccc1Cl. The lowest BCUT2D eigenvalue weighted by Gasteiger charge is -2.18. The van der Waals surface area contributed by atoms with Crippen molar-refractivity contribution in [2.75, 3.05) is 26.8 Å². The van der Waals surface area contributed by atoms with Gasteiger partial charge in [-0.1, -0.05) is 17.7 Å². The standard InChI is InChI=1S/C11H16ClFN2O/c1-16-6-5-15-10(7-14)11-8(12)3-2-4-9(11)13/h2-4,10,15H,5-7,14H2,1H3. The zero-order valence-electron chi connectivity index (χ0n) is 9.17. The molecule has 1 atom stereocenters. The summed E-state index contributed by atoms with van der Waals surface area (Å²) in [6.45, 7) is 1.43. The second-order valence-corrected chi connectivity index (χ2v) is 3.78. The normalized spacial score (nSPS) is 12.8. The summed E-state index contributed by atoms with van der Waals surface area (Å²) < 4.78 is 18.5. The van der Waals surface area contributed by atoms with Gasteiger partial charge < -0.3 is 15.8 Å². The third-order valence-electron chi connectivity index (χ3n) is 2.28. The second-order valence-electron chi connectivity index (χ2n) is 3.37. The van der Waals surface area contributed by atoms with Gasteiger partial charge in [-0.2, -0.15) is 0 Å². The number of nitrogens with two attached hydrogens (primary N) is 1. The number of methoxy groups -OCH3 is 1. The van der Waals surface area contributed by atoms with Crippen LogP contribution in [0.15, 0.2) is 18.2 Å². The number of halogens is 2. The van der Waals surface area contributed by atoms with E-state index < -0.39 is 0 Å². The van der Waals surface area contributed by atoms with Gasteiger partial charge in [-0.05, 0) is 12.1 Å². The minimum atomic E-state index is -0.340. The van der Waals surface area contributed by atoms with E-state index >= 15 is 0 Å². The molecule has 3 nitrogen and oxygen atoms in total. The van der Waals surface area contributed by atoms with Gasteiger partial charge in [0.25, 0.3) is 0 Å². The maximum Gasteiger partial charge on any atom is 0.129 e. The highest BCUT2D eigenvalue weighted by Gasteiger charge is 2.16. The first kappa shape index (κ1) is 13.4. The van der Waals surface area contributed by atoms with E-state index in [1.807, 2.05) is 0 Å². The predicted octanol–water partition coefficient (Wildman–Crippen LogP) is 1.71. The van der Waals surface area contributed by atoms with Crippen LogP contribution in [0.4, 0.5) is 4.39 Å². The number of hydrogen-bond donors (Lipinski definition) is 2. The monoisotopic (exact) mass is 246 g/mol. The van der Waals surface area contributed by atoms with Gasteiger partial charge in [-0.15, -0.1) is 0 Å². The van der Waals surface area contributed by atoms with Crippen LogP contribution in [0.5, 0.6) is 0 Å². The van der Waals surface area contributed by atoms with Crippen LogP contribution < -0.4 is 11.1 Å². The Hall–Kier alpha value is -0.680. The van der Waals surface area contributed by atoms with E-state index in [1.165, 1.54) is 6.07 Å². The summed E-state index contributed by atoms with van der Waals surface area (Å²) in [6, 6.07) is 4.32. The zero-order valence-corrected chi connectivity index (χ0v) is 9.93. The summed E-state index contributed by atoms with van der Waals surface area (Å²) in [6.07, 6.45) is 0. The molecule has 0 amide bonds. The Morgan fingerprint density at radius 1 is 1.56 bits per heavy atom. The molecule has 0 aliphatic heterocycles. The molecular formula is C11H16ClFN2O. The van der Waals surface area contributed by atoms with Crippen molar-refractivity contribution in [1.29, 1.82) is 0 Å². The highest BCUT2D eigenvalue weighted by atomic mass is 35.5. The largest absolute Gasteiger partial charge is 0.383 e. The summed E-state index contributed by atoms with van der Waals surface area (Å²) in [7, 11) is 1.61. The molecule has 3 N–H and O–H groups in total. The summed E-state index contributed by atoms with van der Waals surface area (Å²) in [5.41, 5.74) is 6.02. The van der Waals surface area contributed by atoms with E-state index in [0.29, 0.717) is 23.7 Å². The molecule has 0 aliphatic carbocycles. The lowest BCUT2D eigenvalue weighted by atomic mass is 10.1. The first-order valence-corrected chi connectivity index (χ1v) is 5.44. The van der Waals surface area contributed by atoms with E-state index in [1.54, 1.807) is 19.2 Å². The van der Waals surface area contributed by atoms with Crippen LogP contribution in [0, 0.1) is 5.82 Å². The van der Waals surface area contributed by atoms with Crippen molar-refractivity contribution in [2.24, 2.45) is 5.73 Å². The fourth-order valence-corrected chi connectivity index (χ4v) is 1.78. The van der Waals surface area contributed by atoms with E-state index in [-0.39, 0.29) is 18.4 Å². The van der Waals surface area contributed by atoms with Crippen LogP contribution in [-0.2, 0) is 4.74 Å². The third-order valence-corrected chi connectivity index (χ3v) is 2.61. The van der Waals surface area contributed by atoms with Crippen molar-refractivity contribution >= 4 is 11.6 Å². The Morgan fingerprint density at radius 3 is 2.88 bits per heavy atom. The van der Waals surface area contributed by atoms with Gasteiger partial charge in [-0.25, -0.2) is 4.39 Å². The van der Waals surface area contributed by atoms with Crippen LogP contribution >= 0.6 is 11.6 Å². The Bertz CT molecular complexity index is 316. The average molecular weight is 247 g/mol. The van der Waals surface area contributed by atoms with E-state index in [4.69, 9.17) is 22.1 Å². The predicted molar refractivity (Wildman–Crippen MR) is 63.1 cm³/mol. The highest BCUT2D eigenvalue weighted by molar-refractivity contribution is 6.31. The topological polar surface area (TPSA) is 47.3 Å². The zero-order chi connectivity index (χ0) is 12.0. The van der Waals surface area contributed by atoms with E-state index in [9.17, 15) is 4.39 Å². The molecule has 0 spiro atoms. The van der Waals surface area contributed by atoms with Crippen LogP contribution in [0.25, 0.3) is 0 Å². The Kier molecular flexibility index (Phi) is 5.69. The number of rotatable bonds is 6. The molecule has 16 heavy (non-hydrogen) atoms. The van der Waals surface area contributed by atoms with E-state index in [0.717, 1.165) is 0 Å². The second kappa shape index (κ2) is 6.81. The van der Waals surface area contributed by atoms with Crippen molar-refractivity contribution in [3.63, 3.8) is 0 Å². The highest BCUT2D eigenvalue weighted by Crippen LogP contribution is 2.25. The average Bonchev–Trinajstić information content (AvgIpc) is 2.26. The number of benzene rings is 1. The molecule has 0 aliphatic rings. The fourth-order valence-electron chi connectivity index (χ4n) is 1.48. The van der Waals surface area contributed by atoms with Crippen LogP contribution in [-0.4, -0.2) is 26.8 Å². The molecule has 0 saturated heterocycles. The minimum absolute atomic E-state index is 0.282. The molecule has 90 valence electrons. The molecule has 1 unspecified atom stereocenters. The van der Waals surface area contributed by atoms with Crippen molar-refractivity contribution in [3.05, 3.63) is 34.6 Å². The molecular weight excluding hydrogens is 231 g/mol. The fraction of sp³-hybridized carbons (Fsp3) is 0.455. The molecule has 0 aromatic heterocycles. The molecule has 1 rings (SSSR count). The lowest BCUT2D eigenvalue weighted by Crippen LogP contribution is -2.31. The molecule has 0 saturated carbocycles. The van der Waals surface area contributed by atoms with E-state index in [2.05, 4.69) is 5.32 Å². The quantitative estimate of drug-likeness (QED) is 0.752. The Balaban J connectivity index is 2.78. The van der Waals surface area contributed by atoms with Crippen molar-refractivity contribution in [3.8, 4) is 0 Å². The van der Waals surface area contributed by atoms with Gasteiger partial charge >= 0.3 is 0 Å². The van der Waals surface area contributed by atoms with Crippen molar-refractivity contribution < 1.29 is 9.13 Å². The van der Waals surface area contributed by atoms with Crippen LogP contribution in [0.2, 0.25) is 5.02 Å². The van der Waals surface area contributed by atoms with Gasteiger partial charge in [0, 0.05) is 36.8 Å². The molecule has 0 heterocycles. The third kappa shape index (κ3) is 3.42. The molecule has 1 aromatic rings. The summed E-state index contributed by atoms with van der Waals surface area (Å²) >= 11 is 5.95. The minimum Gasteiger partial charge on any atom is -0.383 e. The summed E-state index contributed by atoms with van der Waals surface area (Å²) in [5, 5.41) is 3.48. The van der Waals surface area contributed by atoms with Gasteiger partial charge in [0.2, 0.25) is 0 Å². The van der Waals surface area contributed by atoms with Gasteiger partial charge in [-0.3, -0.25) is 0 Å². The molecule has 0 radical (unpaired) electrons. The smallest absolute Gasteiger partial charge is 0.129 e. The van der Waals surface area contributed by atoms with Gasteiger partial charge in [0.15, 0.2) is 0 Å². The molecule has 0 bridgehead atoms. The summed E-state index contributed by atoms with van der Waals surface area (Å²) in [4.78, 5) is 0. The summed E-state index contributed by atoms with van der Waals surface area (Å²) in [5.74, 6) is -0.340. The van der Waals surface area contributed by atoms with Crippen LogP contribution in [0.1, 0.15) is 11.6 Å². The van der Waals surface area contributed by atoms with Crippen molar-refractivity contribution in [2.45, 2.75) is 6.04 Å². The number of ether oxygens (including phenoxy) is 1. The lowest BCUT2D eigenvalue weighted by molar-refractivity contribution is 0.195. The van der Waals surface area contributed by atoms with Gasteiger partial charge in [0.05, 0.1) is 6.61 Å². The first-order chi connectivity index (χ1) is 7.70. The molecule has 0 fully saturated rings. The molecule has 5 heteroatoms. The van der Waals surface area contributed by atoms with Gasteiger partial charge in [0.1, 0.15) is 5.82 Å².